The molecule has 0 aliphatic rings. The highest BCUT2D eigenvalue weighted by Crippen LogP contribution is 2.22. The van der Waals surface area contributed by atoms with Gasteiger partial charge in [-0.15, -0.1) is 0 Å². The van der Waals surface area contributed by atoms with Gasteiger partial charge in [0.2, 0.25) is 11.8 Å². The molecule has 0 fully saturated rings. The smallest absolute Gasteiger partial charge is 0.212 e. The molecule has 130 valence electrons. The number of nitrogens with zero attached hydrogens (tertiary/aromatic N) is 3. The van der Waals surface area contributed by atoms with Crippen molar-refractivity contribution in [1.29, 1.82) is 0 Å². The molecule has 0 aliphatic carbocycles. The van der Waals surface area contributed by atoms with Gasteiger partial charge in [0.25, 0.3) is 0 Å². The lowest BCUT2D eigenvalue weighted by molar-refractivity contribution is 0.354. The standard InChI is InChI=1S/C20H23N3O2/c1-2-3-14-21-19(24)15-22(17-10-6-4-7-11-17)23(16-20(21)25)18-12-8-5-9-13-18/h4-13,15-16,24-25H,2-3,14H2,1H3. The Hall–Kier alpha value is -3.08. The third kappa shape index (κ3) is 3.71. The fraction of sp³-hybridized carbons (Fsp3) is 0.200. The van der Waals surface area contributed by atoms with E-state index < -0.39 is 0 Å². The summed E-state index contributed by atoms with van der Waals surface area (Å²) in [4.78, 5) is 0. The van der Waals surface area contributed by atoms with Crippen LogP contribution < -0.4 is 0 Å². The van der Waals surface area contributed by atoms with Crippen LogP contribution in [0.2, 0.25) is 0 Å². The lowest BCUT2D eigenvalue weighted by atomic mass is 10.3. The summed E-state index contributed by atoms with van der Waals surface area (Å²) in [5, 5.41) is 21.1. The van der Waals surface area contributed by atoms with Crippen LogP contribution in [0.5, 0.6) is 11.8 Å². The first-order chi connectivity index (χ1) is 12.2. The van der Waals surface area contributed by atoms with E-state index in [9.17, 15) is 10.2 Å². The molecule has 5 heteroatoms. The Kier molecular flexibility index (Phi) is 5.14. The van der Waals surface area contributed by atoms with E-state index >= 15 is 0 Å². The van der Waals surface area contributed by atoms with Crippen LogP contribution in [0.15, 0.2) is 73.1 Å². The summed E-state index contributed by atoms with van der Waals surface area (Å²) < 4.78 is 5.14. The monoisotopic (exact) mass is 337 g/mol. The minimum absolute atomic E-state index is 0.00415. The van der Waals surface area contributed by atoms with Gasteiger partial charge in [0, 0.05) is 6.54 Å². The molecule has 1 aromatic heterocycles. The number of aromatic hydroxyl groups is 2. The summed E-state index contributed by atoms with van der Waals surface area (Å²) in [5.74, 6) is 0.00830. The highest BCUT2D eigenvalue weighted by molar-refractivity contribution is 5.37. The fourth-order valence-corrected chi connectivity index (χ4v) is 2.70. The Labute approximate surface area is 147 Å². The first-order valence-corrected chi connectivity index (χ1v) is 8.48. The predicted octanol–water partition coefficient (Wildman–Crippen LogP) is 4.41. The van der Waals surface area contributed by atoms with E-state index in [2.05, 4.69) is 6.92 Å². The van der Waals surface area contributed by atoms with Crippen molar-refractivity contribution in [2.75, 3.05) is 0 Å². The maximum Gasteiger partial charge on any atom is 0.212 e. The molecule has 0 unspecified atom stereocenters. The molecule has 2 N–H and O–H groups in total. The van der Waals surface area contributed by atoms with Crippen molar-refractivity contribution in [2.45, 2.75) is 26.3 Å². The minimum Gasteiger partial charge on any atom is -0.493 e. The molecule has 0 bridgehead atoms. The van der Waals surface area contributed by atoms with Crippen molar-refractivity contribution in [3.05, 3.63) is 73.1 Å². The molecular weight excluding hydrogens is 314 g/mol. The van der Waals surface area contributed by atoms with Crippen LogP contribution in [0.1, 0.15) is 19.8 Å². The second kappa shape index (κ2) is 7.66. The van der Waals surface area contributed by atoms with Crippen LogP contribution in [0.4, 0.5) is 0 Å². The molecule has 0 atom stereocenters. The quantitative estimate of drug-likeness (QED) is 0.725. The molecule has 0 amide bonds. The molecule has 25 heavy (non-hydrogen) atoms. The first-order valence-electron chi connectivity index (χ1n) is 8.48. The fourth-order valence-electron chi connectivity index (χ4n) is 2.70. The van der Waals surface area contributed by atoms with Gasteiger partial charge in [-0.2, -0.15) is 0 Å². The van der Waals surface area contributed by atoms with Crippen molar-refractivity contribution in [2.24, 2.45) is 0 Å². The van der Waals surface area contributed by atoms with Gasteiger partial charge in [-0.05, 0) is 30.7 Å². The third-order valence-corrected chi connectivity index (χ3v) is 4.04. The van der Waals surface area contributed by atoms with Gasteiger partial charge in [0.05, 0.1) is 23.8 Å². The molecular formula is C20H23N3O2. The lowest BCUT2D eigenvalue weighted by Gasteiger charge is -2.14. The molecule has 0 saturated carbocycles. The second-order valence-electron chi connectivity index (χ2n) is 5.84. The number of unbranched alkanes of at least 4 members (excludes halogenated alkanes) is 1. The van der Waals surface area contributed by atoms with E-state index in [1.807, 2.05) is 70.0 Å². The van der Waals surface area contributed by atoms with E-state index in [-0.39, 0.29) is 11.8 Å². The largest absolute Gasteiger partial charge is 0.493 e. The molecule has 5 nitrogen and oxygen atoms in total. The zero-order valence-electron chi connectivity index (χ0n) is 14.3. The zero-order chi connectivity index (χ0) is 17.6. The van der Waals surface area contributed by atoms with Crippen molar-refractivity contribution >= 4 is 0 Å². The van der Waals surface area contributed by atoms with Crippen LogP contribution in [0.25, 0.3) is 11.4 Å². The average Bonchev–Trinajstić information content (AvgIpc) is 2.78. The second-order valence-corrected chi connectivity index (χ2v) is 5.84. The van der Waals surface area contributed by atoms with Gasteiger partial charge >= 0.3 is 0 Å². The summed E-state index contributed by atoms with van der Waals surface area (Å²) in [7, 11) is 0. The van der Waals surface area contributed by atoms with Crippen LogP contribution in [-0.4, -0.2) is 24.1 Å². The normalized spacial score (nSPS) is 10.6. The summed E-state index contributed by atoms with van der Waals surface area (Å²) in [6, 6.07) is 19.4. The van der Waals surface area contributed by atoms with E-state index in [1.165, 1.54) is 4.57 Å². The maximum atomic E-state index is 10.6. The van der Waals surface area contributed by atoms with Crippen LogP contribution in [0, 0.1) is 0 Å². The van der Waals surface area contributed by atoms with Crippen molar-refractivity contribution in [3.63, 3.8) is 0 Å². The molecule has 0 aliphatic heterocycles. The first kappa shape index (κ1) is 16.8. The Morgan fingerprint density at radius 2 is 1.16 bits per heavy atom. The molecule has 2 aromatic carbocycles. The minimum atomic E-state index is 0.00415. The Morgan fingerprint density at radius 1 is 0.720 bits per heavy atom. The molecule has 3 aromatic rings. The number of para-hydroxylation sites is 2. The lowest BCUT2D eigenvalue weighted by Crippen LogP contribution is -2.09. The Morgan fingerprint density at radius 3 is 1.56 bits per heavy atom. The molecule has 1 heterocycles. The van der Waals surface area contributed by atoms with Crippen molar-refractivity contribution < 1.29 is 10.2 Å². The van der Waals surface area contributed by atoms with E-state index in [0.29, 0.717) is 6.54 Å². The highest BCUT2D eigenvalue weighted by atomic mass is 16.3. The molecule has 3 rings (SSSR count). The van der Waals surface area contributed by atoms with E-state index in [4.69, 9.17) is 0 Å². The topological polar surface area (TPSA) is 55.2 Å². The van der Waals surface area contributed by atoms with Gasteiger partial charge in [-0.1, -0.05) is 49.7 Å². The average molecular weight is 337 g/mol. The summed E-state index contributed by atoms with van der Waals surface area (Å²) in [6.45, 7) is 2.62. The van der Waals surface area contributed by atoms with Gasteiger partial charge in [-0.3, -0.25) is 13.9 Å². The number of hydrogen-bond donors (Lipinski definition) is 2. The summed E-state index contributed by atoms with van der Waals surface area (Å²) in [6.07, 6.45) is 5.09. The maximum absolute atomic E-state index is 10.6. The Bertz CT molecular complexity index is 791. The summed E-state index contributed by atoms with van der Waals surface area (Å²) in [5.41, 5.74) is 1.75. The number of benzene rings is 2. The highest BCUT2D eigenvalue weighted by Gasteiger charge is 2.09. The van der Waals surface area contributed by atoms with Crippen molar-refractivity contribution in [1.82, 2.24) is 13.9 Å². The molecule has 0 radical (unpaired) electrons. The molecule has 0 spiro atoms. The third-order valence-electron chi connectivity index (χ3n) is 4.04. The molecule has 0 saturated heterocycles. The Balaban J connectivity index is 2.28. The van der Waals surface area contributed by atoms with Gasteiger partial charge in [-0.25, -0.2) is 0 Å². The number of aromatic nitrogens is 3. The number of hydrogen-bond acceptors (Lipinski definition) is 2. The van der Waals surface area contributed by atoms with E-state index in [1.54, 1.807) is 12.4 Å². The zero-order valence-corrected chi connectivity index (χ0v) is 14.3. The van der Waals surface area contributed by atoms with Crippen LogP contribution in [0.3, 0.4) is 0 Å². The SMILES string of the molecule is CCCCn1c(O)cn(-c2ccccc2)n(-c2ccccc2)cc1O. The van der Waals surface area contributed by atoms with Crippen LogP contribution in [-0.2, 0) is 6.54 Å². The van der Waals surface area contributed by atoms with Crippen molar-refractivity contribution in [3.8, 4) is 23.1 Å². The predicted molar refractivity (Wildman–Crippen MR) is 99.0 cm³/mol. The van der Waals surface area contributed by atoms with Gasteiger partial charge < -0.3 is 10.2 Å². The summed E-state index contributed by atoms with van der Waals surface area (Å²) >= 11 is 0. The van der Waals surface area contributed by atoms with E-state index in [0.717, 1.165) is 24.2 Å². The van der Waals surface area contributed by atoms with Gasteiger partial charge in [0.1, 0.15) is 0 Å². The van der Waals surface area contributed by atoms with Crippen LogP contribution >= 0.6 is 0 Å². The number of rotatable bonds is 5. The van der Waals surface area contributed by atoms with Gasteiger partial charge in [0.15, 0.2) is 0 Å².